The number of nitrogens with one attached hydrogen (secondary N) is 1. The second-order valence-electron chi connectivity index (χ2n) is 7.92. The highest BCUT2D eigenvalue weighted by Gasteiger charge is 2.23. The Balaban J connectivity index is 2.07. The van der Waals surface area contributed by atoms with E-state index in [2.05, 4.69) is 31.3 Å². The molecule has 2 rings (SSSR count). The van der Waals surface area contributed by atoms with Crippen LogP contribution in [0.1, 0.15) is 54.1 Å². The highest BCUT2D eigenvalue weighted by atomic mass is 32.2. The summed E-state index contributed by atoms with van der Waals surface area (Å²) in [7, 11) is 0. The minimum atomic E-state index is -0.862. The molecule has 0 bridgehead atoms. The molecule has 4 nitrogen and oxygen atoms in total. The van der Waals surface area contributed by atoms with Gasteiger partial charge < -0.3 is 10.4 Å². The summed E-state index contributed by atoms with van der Waals surface area (Å²) in [6.45, 7) is 4.28. The Labute approximate surface area is 194 Å². The molecule has 1 amide bonds. The molecule has 0 spiro atoms. The molecule has 6 heteroatoms. The first-order valence-electron chi connectivity index (χ1n) is 10.7. The summed E-state index contributed by atoms with van der Waals surface area (Å²) in [6, 6.07) is 17.4. The second-order valence-corrected chi connectivity index (χ2v) is 9.90. The molecule has 0 heterocycles. The van der Waals surface area contributed by atoms with Gasteiger partial charge in [0, 0.05) is 11.3 Å². The zero-order chi connectivity index (χ0) is 22.6. The van der Waals surface area contributed by atoms with Crippen molar-refractivity contribution in [1.82, 2.24) is 5.32 Å². The van der Waals surface area contributed by atoms with E-state index >= 15 is 0 Å². The van der Waals surface area contributed by atoms with Crippen LogP contribution in [0.25, 0.3) is 0 Å². The SMILES string of the molecule is CSCCCC(O)NC(=O)C(CSC(=O)c1ccccc1)Cc1cccc(C(C)C)c1. The van der Waals surface area contributed by atoms with Gasteiger partial charge in [-0.25, -0.2) is 0 Å². The van der Waals surface area contributed by atoms with Gasteiger partial charge in [0.1, 0.15) is 6.23 Å². The smallest absolute Gasteiger partial charge is 0.226 e. The van der Waals surface area contributed by atoms with Crippen LogP contribution in [0.5, 0.6) is 0 Å². The van der Waals surface area contributed by atoms with Gasteiger partial charge in [-0.2, -0.15) is 11.8 Å². The van der Waals surface area contributed by atoms with Crippen LogP contribution in [-0.4, -0.2) is 40.1 Å². The standard InChI is InChI=1S/C25H33NO3S2/c1-18(2)21-12-7-9-19(15-21)16-22(24(28)26-23(27)13-8-14-30-3)17-31-25(29)20-10-5-4-6-11-20/h4-7,9-12,15,18,22-23,27H,8,13-14,16-17H2,1-3H3,(H,26,28). The Morgan fingerprint density at radius 2 is 1.81 bits per heavy atom. The third-order valence-electron chi connectivity index (χ3n) is 5.03. The van der Waals surface area contributed by atoms with E-state index in [9.17, 15) is 14.7 Å². The van der Waals surface area contributed by atoms with Crippen molar-refractivity contribution in [3.8, 4) is 0 Å². The van der Waals surface area contributed by atoms with Crippen molar-refractivity contribution in [2.24, 2.45) is 5.92 Å². The number of hydrogen-bond acceptors (Lipinski definition) is 5. The van der Waals surface area contributed by atoms with Gasteiger partial charge in [0.2, 0.25) is 11.0 Å². The quantitative estimate of drug-likeness (QED) is 0.341. The van der Waals surface area contributed by atoms with E-state index < -0.39 is 12.1 Å². The zero-order valence-electron chi connectivity index (χ0n) is 18.5. The number of thioether (sulfide) groups is 2. The topological polar surface area (TPSA) is 66.4 Å². The fourth-order valence-corrected chi connectivity index (χ4v) is 4.58. The molecular weight excluding hydrogens is 426 g/mol. The molecule has 2 unspecified atom stereocenters. The molecule has 2 N–H and O–H groups in total. The van der Waals surface area contributed by atoms with Gasteiger partial charge in [0.15, 0.2) is 0 Å². The predicted molar refractivity (Wildman–Crippen MR) is 133 cm³/mol. The van der Waals surface area contributed by atoms with Gasteiger partial charge in [0.25, 0.3) is 0 Å². The predicted octanol–water partition coefficient (Wildman–Crippen LogP) is 5.12. The maximum absolute atomic E-state index is 13.0. The molecule has 0 fully saturated rings. The summed E-state index contributed by atoms with van der Waals surface area (Å²) >= 11 is 2.88. The Morgan fingerprint density at radius 1 is 1.06 bits per heavy atom. The number of benzene rings is 2. The van der Waals surface area contributed by atoms with E-state index in [4.69, 9.17) is 0 Å². The first-order chi connectivity index (χ1) is 14.9. The van der Waals surface area contributed by atoms with Gasteiger partial charge in [-0.3, -0.25) is 9.59 Å². The third-order valence-corrected chi connectivity index (χ3v) is 6.79. The molecule has 168 valence electrons. The summed E-state index contributed by atoms with van der Waals surface area (Å²) in [4.78, 5) is 25.5. The van der Waals surface area contributed by atoms with Crippen molar-refractivity contribution in [1.29, 1.82) is 0 Å². The average Bonchev–Trinajstić information content (AvgIpc) is 2.77. The molecule has 0 radical (unpaired) electrons. The van der Waals surface area contributed by atoms with E-state index in [-0.39, 0.29) is 11.0 Å². The number of hydrogen-bond donors (Lipinski definition) is 2. The molecule has 0 saturated carbocycles. The highest BCUT2D eigenvalue weighted by molar-refractivity contribution is 8.14. The number of rotatable bonds is 12. The van der Waals surface area contributed by atoms with Gasteiger partial charge in [-0.05, 0) is 48.3 Å². The van der Waals surface area contributed by atoms with E-state index in [1.165, 1.54) is 5.56 Å². The van der Waals surface area contributed by atoms with Crippen molar-refractivity contribution in [2.75, 3.05) is 17.8 Å². The molecular formula is C25H33NO3S2. The molecule has 0 aromatic heterocycles. The van der Waals surface area contributed by atoms with Crippen LogP contribution in [0.4, 0.5) is 0 Å². The van der Waals surface area contributed by atoms with Crippen molar-refractivity contribution in [2.45, 2.75) is 45.3 Å². The van der Waals surface area contributed by atoms with E-state index in [0.717, 1.165) is 29.5 Å². The van der Waals surface area contributed by atoms with E-state index in [1.54, 1.807) is 23.9 Å². The zero-order valence-corrected chi connectivity index (χ0v) is 20.2. The fraction of sp³-hybridized carbons (Fsp3) is 0.440. The molecule has 0 aliphatic heterocycles. The third kappa shape index (κ3) is 9.09. The number of carbonyl (C=O) groups excluding carboxylic acids is 2. The van der Waals surface area contributed by atoms with Gasteiger partial charge in [-0.15, -0.1) is 0 Å². The van der Waals surface area contributed by atoms with E-state index in [1.807, 2.05) is 36.6 Å². The van der Waals surface area contributed by atoms with Crippen LogP contribution >= 0.6 is 23.5 Å². The summed E-state index contributed by atoms with van der Waals surface area (Å²) in [5, 5.41) is 12.9. The monoisotopic (exact) mass is 459 g/mol. The first kappa shape index (κ1) is 25.5. The van der Waals surface area contributed by atoms with Gasteiger partial charge in [0.05, 0.1) is 5.92 Å². The summed E-state index contributed by atoms with van der Waals surface area (Å²) in [5.74, 6) is 1.10. The molecule has 0 aliphatic carbocycles. The molecule has 2 aromatic rings. The molecule has 0 aliphatic rings. The fourth-order valence-electron chi connectivity index (χ4n) is 3.20. The lowest BCUT2D eigenvalue weighted by Crippen LogP contribution is -2.40. The van der Waals surface area contributed by atoms with Crippen LogP contribution in [-0.2, 0) is 11.2 Å². The maximum Gasteiger partial charge on any atom is 0.226 e. The van der Waals surface area contributed by atoms with Crippen molar-refractivity contribution in [3.63, 3.8) is 0 Å². The molecule has 2 atom stereocenters. The minimum absolute atomic E-state index is 0.0464. The van der Waals surface area contributed by atoms with Crippen LogP contribution in [0.2, 0.25) is 0 Å². The molecule has 0 saturated heterocycles. The summed E-state index contributed by atoms with van der Waals surface area (Å²) < 4.78 is 0. The Bertz CT molecular complexity index is 827. The van der Waals surface area contributed by atoms with E-state index in [0.29, 0.717) is 30.1 Å². The number of aliphatic hydroxyl groups excluding tert-OH is 1. The number of aliphatic hydroxyl groups is 1. The van der Waals surface area contributed by atoms with Crippen LogP contribution < -0.4 is 5.32 Å². The van der Waals surface area contributed by atoms with Crippen molar-refractivity contribution < 1.29 is 14.7 Å². The summed E-state index contributed by atoms with van der Waals surface area (Å²) in [5.41, 5.74) is 2.92. The van der Waals surface area contributed by atoms with Gasteiger partial charge >= 0.3 is 0 Å². The number of amides is 1. The van der Waals surface area contributed by atoms with Crippen molar-refractivity contribution in [3.05, 3.63) is 71.3 Å². The largest absolute Gasteiger partial charge is 0.374 e. The lowest BCUT2D eigenvalue weighted by atomic mass is 9.95. The Kier molecular flexibility index (Phi) is 11.2. The van der Waals surface area contributed by atoms with Crippen LogP contribution in [0.15, 0.2) is 54.6 Å². The number of carbonyl (C=O) groups is 2. The second kappa shape index (κ2) is 13.6. The molecule has 2 aromatic carbocycles. The Morgan fingerprint density at radius 3 is 2.48 bits per heavy atom. The maximum atomic E-state index is 13.0. The van der Waals surface area contributed by atoms with Crippen LogP contribution in [0, 0.1) is 5.92 Å². The first-order valence-corrected chi connectivity index (χ1v) is 13.1. The van der Waals surface area contributed by atoms with Crippen molar-refractivity contribution >= 4 is 34.5 Å². The average molecular weight is 460 g/mol. The lowest BCUT2D eigenvalue weighted by Gasteiger charge is -2.20. The van der Waals surface area contributed by atoms with Crippen LogP contribution in [0.3, 0.4) is 0 Å². The Hall–Kier alpha value is -1.76. The minimum Gasteiger partial charge on any atom is -0.374 e. The van der Waals surface area contributed by atoms with Gasteiger partial charge in [-0.1, -0.05) is 80.2 Å². The molecule has 31 heavy (non-hydrogen) atoms. The highest BCUT2D eigenvalue weighted by Crippen LogP contribution is 2.22. The normalized spacial score (nSPS) is 13.1. The summed E-state index contributed by atoms with van der Waals surface area (Å²) in [6.07, 6.45) is 3.05. The lowest BCUT2D eigenvalue weighted by molar-refractivity contribution is -0.127.